The van der Waals surface area contributed by atoms with Crippen LogP contribution in [0, 0.1) is 5.82 Å². The predicted molar refractivity (Wildman–Crippen MR) is 145 cm³/mol. The third-order valence-corrected chi connectivity index (χ3v) is 7.56. The average molecular weight is 560 g/mol. The van der Waals surface area contributed by atoms with Crippen molar-refractivity contribution < 1.29 is 27.1 Å². The second-order valence-corrected chi connectivity index (χ2v) is 11.3. The number of hydrogen-bond acceptors (Lipinski definition) is 5. The normalized spacial score (nSPS) is 17.3. The van der Waals surface area contributed by atoms with Crippen LogP contribution < -0.4 is 10.6 Å². The van der Waals surface area contributed by atoms with Crippen LogP contribution in [-0.4, -0.2) is 56.8 Å². The monoisotopic (exact) mass is 559 g/mol. The molecule has 38 heavy (non-hydrogen) atoms. The van der Waals surface area contributed by atoms with Gasteiger partial charge in [0.25, 0.3) is 0 Å². The number of sulfone groups is 1. The number of amides is 3. The van der Waals surface area contributed by atoms with E-state index in [9.17, 15) is 18.0 Å². The summed E-state index contributed by atoms with van der Waals surface area (Å²) in [6.45, 7) is 2.43. The Balaban J connectivity index is 1.53. The number of rotatable bonds is 7. The van der Waals surface area contributed by atoms with E-state index in [0.29, 0.717) is 28.4 Å². The molecule has 2 atom stereocenters. The molecular weight excluding hydrogens is 533 g/mol. The zero-order valence-corrected chi connectivity index (χ0v) is 22.4. The zero-order valence-electron chi connectivity index (χ0n) is 20.8. The number of hydrogen-bond donors (Lipinski definition) is 2. The molecule has 1 aliphatic heterocycles. The van der Waals surface area contributed by atoms with Crippen LogP contribution >= 0.6 is 11.6 Å². The van der Waals surface area contributed by atoms with Gasteiger partial charge in [0.1, 0.15) is 11.9 Å². The summed E-state index contributed by atoms with van der Waals surface area (Å²) < 4.78 is 45.1. The van der Waals surface area contributed by atoms with E-state index in [4.69, 9.17) is 16.3 Å². The Morgan fingerprint density at radius 1 is 1.08 bits per heavy atom. The average Bonchev–Trinajstić information content (AvgIpc) is 3.31. The smallest absolute Gasteiger partial charge is 0.322 e. The van der Waals surface area contributed by atoms with Gasteiger partial charge in [0.05, 0.1) is 16.7 Å². The van der Waals surface area contributed by atoms with Crippen LogP contribution in [0.1, 0.15) is 13.3 Å². The Labute approximate surface area is 225 Å². The van der Waals surface area contributed by atoms with Crippen molar-refractivity contribution in [2.24, 2.45) is 0 Å². The first-order valence-corrected chi connectivity index (χ1v) is 14.2. The Morgan fingerprint density at radius 2 is 1.79 bits per heavy atom. The molecule has 0 aliphatic carbocycles. The maximum atomic E-state index is 15.1. The van der Waals surface area contributed by atoms with Crippen molar-refractivity contribution >= 4 is 44.8 Å². The number of benzene rings is 3. The summed E-state index contributed by atoms with van der Waals surface area (Å²) in [6.07, 6.45) is 0.976. The highest BCUT2D eigenvalue weighted by Gasteiger charge is 2.40. The van der Waals surface area contributed by atoms with Gasteiger partial charge in [0.2, 0.25) is 5.91 Å². The first-order chi connectivity index (χ1) is 18.1. The maximum Gasteiger partial charge on any atom is 0.322 e. The van der Waals surface area contributed by atoms with Crippen LogP contribution in [0.3, 0.4) is 0 Å². The molecule has 0 bridgehead atoms. The van der Waals surface area contributed by atoms with Gasteiger partial charge in [-0.25, -0.2) is 17.6 Å². The van der Waals surface area contributed by atoms with E-state index in [0.717, 1.165) is 6.26 Å². The van der Waals surface area contributed by atoms with E-state index in [1.54, 1.807) is 42.5 Å². The van der Waals surface area contributed by atoms with Crippen molar-refractivity contribution in [3.05, 3.63) is 77.6 Å². The van der Waals surface area contributed by atoms with Crippen molar-refractivity contribution in [3.63, 3.8) is 0 Å². The van der Waals surface area contributed by atoms with Gasteiger partial charge in [-0.2, -0.15) is 0 Å². The molecule has 1 aliphatic rings. The van der Waals surface area contributed by atoms with Crippen molar-refractivity contribution in [1.29, 1.82) is 0 Å². The van der Waals surface area contributed by atoms with E-state index >= 15 is 4.39 Å². The predicted octanol–water partition coefficient (Wildman–Crippen LogP) is 5.20. The van der Waals surface area contributed by atoms with Crippen molar-refractivity contribution in [2.75, 3.05) is 30.0 Å². The fourth-order valence-corrected chi connectivity index (χ4v) is 5.42. The van der Waals surface area contributed by atoms with E-state index in [-0.39, 0.29) is 29.7 Å². The van der Waals surface area contributed by atoms with E-state index in [1.807, 2.05) is 6.92 Å². The van der Waals surface area contributed by atoms with Gasteiger partial charge in [-0.3, -0.25) is 4.79 Å². The number of likely N-dealkylation sites (tertiary alicyclic amines) is 1. The van der Waals surface area contributed by atoms with Crippen LogP contribution in [0.4, 0.5) is 20.6 Å². The van der Waals surface area contributed by atoms with E-state index in [2.05, 4.69) is 10.6 Å². The molecule has 4 rings (SSSR count). The lowest BCUT2D eigenvalue weighted by Crippen LogP contribution is -2.45. The number of nitrogens with zero attached hydrogens (tertiary/aromatic N) is 1. The Morgan fingerprint density at radius 3 is 2.45 bits per heavy atom. The lowest BCUT2D eigenvalue weighted by atomic mass is 10.0. The fraction of sp³-hybridized carbons (Fsp3) is 0.259. The number of anilines is 2. The van der Waals surface area contributed by atoms with Crippen molar-refractivity contribution in [3.8, 4) is 11.1 Å². The van der Waals surface area contributed by atoms with E-state index in [1.165, 1.54) is 29.2 Å². The topological polar surface area (TPSA) is 105 Å². The highest BCUT2D eigenvalue weighted by atomic mass is 35.5. The number of urea groups is 1. The molecule has 1 saturated heterocycles. The fourth-order valence-electron chi connectivity index (χ4n) is 4.38. The van der Waals surface area contributed by atoms with Crippen molar-refractivity contribution in [2.45, 2.75) is 30.4 Å². The second-order valence-electron chi connectivity index (χ2n) is 8.87. The van der Waals surface area contributed by atoms with E-state index < -0.39 is 33.6 Å². The summed E-state index contributed by atoms with van der Waals surface area (Å²) in [4.78, 5) is 27.7. The zero-order chi connectivity index (χ0) is 27.4. The minimum absolute atomic E-state index is 0.0754. The molecular formula is C27H27ClFN3O5S. The molecule has 8 nitrogen and oxygen atoms in total. The first kappa shape index (κ1) is 27.6. The quantitative estimate of drug-likeness (QED) is 0.414. The molecule has 0 radical (unpaired) electrons. The van der Waals surface area contributed by atoms with Gasteiger partial charge in [-0.1, -0.05) is 35.9 Å². The summed E-state index contributed by atoms with van der Waals surface area (Å²) in [5.74, 6) is -1.31. The lowest BCUT2D eigenvalue weighted by Gasteiger charge is -2.24. The molecule has 2 N–H and O–H groups in total. The molecule has 200 valence electrons. The Hall–Kier alpha value is -3.47. The molecule has 2 unspecified atom stereocenters. The van der Waals surface area contributed by atoms with Crippen molar-refractivity contribution in [1.82, 2.24) is 4.90 Å². The molecule has 0 saturated carbocycles. The summed E-state index contributed by atoms with van der Waals surface area (Å²) >= 11 is 5.91. The SMILES string of the molecule is CCOC1CC(C(=O)Nc2ccc(-c3ccccc3S(C)(=O)=O)cc2F)N(C(=O)Nc2ccc(Cl)cc2)C1. The molecule has 3 aromatic rings. The third kappa shape index (κ3) is 6.32. The number of halogens is 2. The largest absolute Gasteiger partial charge is 0.377 e. The van der Waals surface area contributed by atoms with Crippen LogP contribution in [0.2, 0.25) is 5.02 Å². The third-order valence-electron chi connectivity index (χ3n) is 6.15. The molecule has 1 heterocycles. The summed E-state index contributed by atoms with van der Waals surface area (Å²) in [6, 6.07) is 15.5. The molecule has 11 heteroatoms. The molecule has 0 spiro atoms. The van der Waals surface area contributed by atoms with Gasteiger partial charge in [-0.15, -0.1) is 0 Å². The maximum absolute atomic E-state index is 15.1. The van der Waals surface area contributed by atoms with Crippen LogP contribution in [0.25, 0.3) is 11.1 Å². The van der Waals surface area contributed by atoms with Gasteiger partial charge < -0.3 is 20.3 Å². The standard InChI is InChI=1S/C27H27ClFN3O5S/c1-3-37-20-15-24(32(16-20)27(34)30-19-11-9-18(28)10-12-19)26(33)31-23-13-8-17(14-22(23)29)21-6-4-5-7-25(21)38(2,35)36/h4-14,20,24H,3,15-16H2,1-2H3,(H,30,34)(H,31,33). The van der Waals surface area contributed by atoms with Crippen LogP contribution in [-0.2, 0) is 19.4 Å². The van der Waals surface area contributed by atoms with Crippen LogP contribution in [0.15, 0.2) is 71.6 Å². The highest BCUT2D eigenvalue weighted by Crippen LogP contribution is 2.30. The lowest BCUT2D eigenvalue weighted by molar-refractivity contribution is -0.119. The van der Waals surface area contributed by atoms with Gasteiger partial charge in [0.15, 0.2) is 9.84 Å². The second kappa shape index (κ2) is 11.5. The number of carbonyl (C=O) groups excluding carboxylic acids is 2. The summed E-state index contributed by atoms with van der Waals surface area (Å²) in [7, 11) is -3.54. The molecule has 1 fully saturated rings. The Bertz CT molecular complexity index is 1450. The van der Waals surface area contributed by atoms with Gasteiger partial charge in [-0.05, 0) is 55.0 Å². The minimum atomic E-state index is -3.54. The van der Waals surface area contributed by atoms with Gasteiger partial charge in [0, 0.05) is 42.1 Å². The Kier molecular flexibility index (Phi) is 8.35. The minimum Gasteiger partial charge on any atom is -0.377 e. The molecule has 0 aromatic heterocycles. The van der Waals surface area contributed by atoms with Crippen LogP contribution in [0.5, 0.6) is 0 Å². The number of nitrogens with one attached hydrogen (secondary N) is 2. The molecule has 3 aromatic carbocycles. The first-order valence-electron chi connectivity index (χ1n) is 11.9. The molecule has 3 amide bonds. The number of carbonyl (C=O) groups is 2. The summed E-state index contributed by atoms with van der Waals surface area (Å²) in [5, 5.41) is 5.83. The highest BCUT2D eigenvalue weighted by molar-refractivity contribution is 7.90. The summed E-state index contributed by atoms with van der Waals surface area (Å²) in [5.41, 5.74) is 1.12. The van der Waals surface area contributed by atoms with Gasteiger partial charge >= 0.3 is 6.03 Å². The number of ether oxygens (including phenoxy) is 1.